The van der Waals surface area contributed by atoms with Gasteiger partial charge in [-0.3, -0.25) is 4.90 Å². The van der Waals surface area contributed by atoms with Crippen LogP contribution in [0.15, 0.2) is 34.9 Å². The lowest BCUT2D eigenvalue weighted by Crippen LogP contribution is -2.34. The zero-order valence-corrected chi connectivity index (χ0v) is 9.10. The molecule has 4 nitrogen and oxygen atoms in total. The maximum atomic E-state index is 5.71. The highest BCUT2D eigenvalue weighted by molar-refractivity contribution is 5.75. The van der Waals surface area contributed by atoms with Gasteiger partial charge in [-0.05, 0) is 19.2 Å². The molecule has 1 aliphatic heterocycles. The second kappa shape index (κ2) is 3.64. The van der Waals surface area contributed by atoms with Crippen LogP contribution in [0.5, 0.6) is 0 Å². The molecule has 1 N–H and O–H groups in total. The molecule has 0 unspecified atom stereocenters. The summed E-state index contributed by atoms with van der Waals surface area (Å²) in [7, 11) is 2.06. The van der Waals surface area contributed by atoms with Crippen LogP contribution in [0.25, 0.3) is 16.7 Å². The van der Waals surface area contributed by atoms with E-state index in [4.69, 9.17) is 4.42 Å². The van der Waals surface area contributed by atoms with Gasteiger partial charge in [-0.15, -0.1) is 0 Å². The van der Waals surface area contributed by atoms with E-state index in [9.17, 15) is 0 Å². The first-order chi connectivity index (χ1) is 7.83. The summed E-state index contributed by atoms with van der Waals surface area (Å²) in [6, 6.07) is 7.82. The van der Waals surface area contributed by atoms with Gasteiger partial charge in [-0.1, -0.05) is 12.1 Å². The third kappa shape index (κ3) is 1.57. The van der Waals surface area contributed by atoms with Crippen molar-refractivity contribution in [3.05, 3.63) is 36.4 Å². The van der Waals surface area contributed by atoms with Crippen LogP contribution in [0.2, 0.25) is 0 Å². The topological polar surface area (TPSA) is 41.3 Å². The van der Waals surface area contributed by atoms with Crippen LogP contribution in [-0.4, -0.2) is 30.1 Å². The van der Waals surface area contributed by atoms with Gasteiger partial charge in [0.15, 0.2) is 5.58 Å². The predicted molar refractivity (Wildman–Crippen MR) is 62.6 cm³/mol. The first-order valence-corrected chi connectivity index (χ1v) is 5.30. The summed E-state index contributed by atoms with van der Waals surface area (Å²) in [5.74, 6) is 0.709. The first kappa shape index (κ1) is 9.42. The molecule has 0 saturated heterocycles. The number of para-hydroxylation sites is 2. The number of benzene rings is 1. The number of fused-ring (bicyclic) bond motifs is 1. The molecule has 0 fully saturated rings. The van der Waals surface area contributed by atoms with Gasteiger partial charge in [-0.25, -0.2) is 4.98 Å². The Morgan fingerprint density at radius 1 is 1.38 bits per heavy atom. The molecule has 0 amide bonds. The number of likely N-dealkylation sites (N-methyl/N-ethyl adjacent to an activating group) is 1. The van der Waals surface area contributed by atoms with Crippen LogP contribution >= 0.6 is 0 Å². The Balaban J connectivity index is 2.02. The van der Waals surface area contributed by atoms with Crippen molar-refractivity contribution < 1.29 is 4.42 Å². The smallest absolute Gasteiger partial charge is 0.226 e. The molecule has 4 heteroatoms. The number of nitrogens with zero attached hydrogens (tertiary/aromatic N) is 2. The summed E-state index contributed by atoms with van der Waals surface area (Å²) in [5.41, 5.74) is 2.84. The first-order valence-electron chi connectivity index (χ1n) is 5.30. The number of oxazole rings is 1. The quantitative estimate of drug-likeness (QED) is 0.785. The summed E-state index contributed by atoms with van der Waals surface area (Å²) in [6.07, 6.45) is 1.98. The van der Waals surface area contributed by atoms with E-state index in [1.54, 1.807) is 0 Å². The second-order valence-electron chi connectivity index (χ2n) is 4.03. The van der Waals surface area contributed by atoms with Crippen molar-refractivity contribution in [3.63, 3.8) is 0 Å². The van der Waals surface area contributed by atoms with Crippen molar-refractivity contribution in [1.29, 1.82) is 0 Å². The molecule has 0 spiro atoms. The largest absolute Gasteiger partial charge is 0.436 e. The number of nitrogens with one attached hydrogen (secondary N) is 1. The number of hydrogen-bond donors (Lipinski definition) is 1. The van der Waals surface area contributed by atoms with Crippen molar-refractivity contribution in [3.8, 4) is 0 Å². The lowest BCUT2D eigenvalue weighted by molar-refractivity contribution is 0.345. The number of aromatic nitrogens is 1. The normalized spacial score (nSPS) is 17.2. The Morgan fingerprint density at radius 2 is 2.25 bits per heavy atom. The lowest BCUT2D eigenvalue weighted by atomic mass is 10.2. The highest BCUT2D eigenvalue weighted by Crippen LogP contribution is 2.21. The molecule has 3 rings (SSSR count). The van der Waals surface area contributed by atoms with Crippen LogP contribution in [-0.2, 0) is 0 Å². The number of hydrogen-bond acceptors (Lipinski definition) is 4. The fourth-order valence-corrected chi connectivity index (χ4v) is 1.86. The van der Waals surface area contributed by atoms with Gasteiger partial charge >= 0.3 is 0 Å². The van der Waals surface area contributed by atoms with Gasteiger partial charge in [0, 0.05) is 18.3 Å². The van der Waals surface area contributed by atoms with Crippen LogP contribution in [0.1, 0.15) is 5.89 Å². The van der Waals surface area contributed by atoms with Crippen molar-refractivity contribution in [2.24, 2.45) is 0 Å². The van der Waals surface area contributed by atoms with E-state index in [2.05, 4.69) is 22.2 Å². The standard InChI is InChI=1S/C12H13N3O/c1-15-7-9(6-13-8-15)12-14-10-4-2-3-5-11(10)16-12/h2-6,13H,7-8H2,1H3. The molecule has 2 heterocycles. The van der Waals surface area contributed by atoms with Crippen molar-refractivity contribution in [1.82, 2.24) is 15.2 Å². The molecule has 0 atom stereocenters. The molecular formula is C12H13N3O. The van der Waals surface area contributed by atoms with E-state index in [0.29, 0.717) is 5.89 Å². The van der Waals surface area contributed by atoms with E-state index in [1.807, 2.05) is 30.5 Å². The molecule has 0 aliphatic carbocycles. The molecule has 2 aromatic rings. The molecule has 0 bridgehead atoms. The highest BCUT2D eigenvalue weighted by Gasteiger charge is 2.15. The van der Waals surface area contributed by atoms with Crippen LogP contribution in [0.3, 0.4) is 0 Å². The fourth-order valence-electron chi connectivity index (χ4n) is 1.86. The maximum absolute atomic E-state index is 5.71. The van der Waals surface area contributed by atoms with Crippen molar-refractivity contribution in [2.75, 3.05) is 20.3 Å². The van der Waals surface area contributed by atoms with E-state index < -0.39 is 0 Å². The Hall–Kier alpha value is -1.81. The third-order valence-electron chi connectivity index (χ3n) is 2.65. The van der Waals surface area contributed by atoms with Gasteiger partial charge < -0.3 is 9.73 Å². The Bertz CT molecular complexity index is 511. The summed E-state index contributed by atoms with van der Waals surface area (Å²) in [6.45, 7) is 1.73. The van der Waals surface area contributed by atoms with E-state index in [-0.39, 0.29) is 0 Å². The fraction of sp³-hybridized carbons (Fsp3) is 0.250. The average Bonchev–Trinajstić information content (AvgIpc) is 2.72. The SMILES string of the molecule is CN1CNC=C(c2nc3ccccc3o2)C1. The highest BCUT2D eigenvalue weighted by atomic mass is 16.3. The van der Waals surface area contributed by atoms with Gasteiger partial charge in [-0.2, -0.15) is 0 Å². The Kier molecular flexibility index (Phi) is 2.15. The van der Waals surface area contributed by atoms with Crippen LogP contribution < -0.4 is 5.32 Å². The zero-order chi connectivity index (χ0) is 11.0. The Morgan fingerprint density at radius 3 is 3.06 bits per heavy atom. The molecule has 0 radical (unpaired) electrons. The predicted octanol–water partition coefficient (Wildman–Crippen LogP) is 1.66. The zero-order valence-electron chi connectivity index (χ0n) is 9.10. The van der Waals surface area contributed by atoms with Gasteiger partial charge in [0.05, 0.1) is 6.67 Å². The average molecular weight is 215 g/mol. The Labute approximate surface area is 93.6 Å². The third-order valence-corrected chi connectivity index (χ3v) is 2.65. The molecule has 1 aromatic carbocycles. The summed E-state index contributed by atoms with van der Waals surface area (Å²) >= 11 is 0. The number of rotatable bonds is 1. The summed E-state index contributed by atoms with van der Waals surface area (Å²) < 4.78 is 5.71. The monoisotopic (exact) mass is 215 g/mol. The van der Waals surface area contributed by atoms with Crippen LogP contribution in [0.4, 0.5) is 0 Å². The van der Waals surface area contributed by atoms with Gasteiger partial charge in [0.1, 0.15) is 5.52 Å². The lowest BCUT2D eigenvalue weighted by Gasteiger charge is -2.22. The minimum absolute atomic E-state index is 0.709. The van der Waals surface area contributed by atoms with E-state index in [0.717, 1.165) is 29.9 Å². The molecule has 16 heavy (non-hydrogen) atoms. The molecule has 1 aromatic heterocycles. The minimum atomic E-state index is 0.709. The van der Waals surface area contributed by atoms with Crippen molar-refractivity contribution in [2.45, 2.75) is 0 Å². The van der Waals surface area contributed by atoms with E-state index >= 15 is 0 Å². The molecular weight excluding hydrogens is 202 g/mol. The van der Waals surface area contributed by atoms with Gasteiger partial charge in [0.25, 0.3) is 0 Å². The summed E-state index contributed by atoms with van der Waals surface area (Å²) in [4.78, 5) is 6.64. The van der Waals surface area contributed by atoms with E-state index in [1.165, 1.54) is 0 Å². The second-order valence-corrected chi connectivity index (χ2v) is 4.03. The maximum Gasteiger partial charge on any atom is 0.226 e. The van der Waals surface area contributed by atoms with Gasteiger partial charge in [0.2, 0.25) is 5.89 Å². The molecule has 0 saturated carbocycles. The minimum Gasteiger partial charge on any atom is -0.436 e. The molecule has 1 aliphatic rings. The van der Waals surface area contributed by atoms with Crippen LogP contribution in [0, 0.1) is 0 Å². The molecule has 82 valence electrons. The summed E-state index contributed by atoms with van der Waals surface area (Å²) in [5, 5.41) is 3.19. The van der Waals surface area contributed by atoms with Crippen molar-refractivity contribution >= 4 is 16.7 Å².